The zero-order valence-electron chi connectivity index (χ0n) is 19.0. The molecule has 0 bridgehead atoms. The summed E-state index contributed by atoms with van der Waals surface area (Å²) in [5.74, 6) is 0. The van der Waals surface area contributed by atoms with Gasteiger partial charge in [0.25, 0.3) is 0 Å². The number of fused-ring (bicyclic) bond motifs is 5. The van der Waals surface area contributed by atoms with Crippen LogP contribution in [0.15, 0.2) is 83.3 Å². The van der Waals surface area contributed by atoms with E-state index in [1.165, 1.54) is 16.5 Å². The average molecular weight is 422 g/mol. The molecule has 3 nitrogen and oxygen atoms in total. The van der Waals surface area contributed by atoms with Gasteiger partial charge in [-0.15, -0.1) is 0 Å². The van der Waals surface area contributed by atoms with Crippen molar-refractivity contribution < 1.29 is 14.2 Å². The van der Waals surface area contributed by atoms with Crippen molar-refractivity contribution in [2.45, 2.75) is 38.9 Å². The highest BCUT2D eigenvalue weighted by Gasteiger charge is 2.36. The molecular formula is C28H27BO3. The second-order valence-electron chi connectivity index (χ2n) is 9.46. The van der Waals surface area contributed by atoms with Gasteiger partial charge >= 0.3 is 7.48 Å². The van der Waals surface area contributed by atoms with E-state index in [-0.39, 0.29) is 0 Å². The molecule has 1 aromatic heterocycles. The zero-order valence-corrected chi connectivity index (χ0v) is 19.0. The first-order valence-electron chi connectivity index (χ1n) is 11.0. The van der Waals surface area contributed by atoms with Crippen LogP contribution in [0.5, 0.6) is 0 Å². The maximum atomic E-state index is 10.5. The normalized spacial score (nSPS) is 12.7. The van der Waals surface area contributed by atoms with Crippen molar-refractivity contribution >= 4 is 45.7 Å². The van der Waals surface area contributed by atoms with E-state index in [0.29, 0.717) is 7.48 Å². The summed E-state index contributed by atoms with van der Waals surface area (Å²) in [6.45, 7) is 7.39. The van der Waals surface area contributed by atoms with Gasteiger partial charge in [-0.05, 0) is 61.8 Å². The summed E-state index contributed by atoms with van der Waals surface area (Å²) in [5.41, 5.74) is 3.49. The van der Waals surface area contributed by atoms with E-state index < -0.39 is 11.2 Å². The Hall–Kier alpha value is -3.08. The van der Waals surface area contributed by atoms with Crippen LogP contribution in [0, 0.1) is 0 Å². The van der Waals surface area contributed by atoms with Crippen LogP contribution in [0.3, 0.4) is 0 Å². The molecule has 0 saturated carbocycles. The third-order valence-electron chi connectivity index (χ3n) is 6.74. The molecular weight excluding hydrogens is 395 g/mol. The van der Waals surface area contributed by atoms with Gasteiger partial charge in [0.1, 0.15) is 11.2 Å². The molecule has 32 heavy (non-hydrogen) atoms. The van der Waals surface area contributed by atoms with Crippen LogP contribution in [0.4, 0.5) is 0 Å². The monoisotopic (exact) mass is 422 g/mol. The lowest BCUT2D eigenvalue weighted by atomic mass is 9.80. The maximum Gasteiger partial charge on any atom is 0.310 e. The SMILES string of the molecule is CC(C)(O)C(C)(C)OBc1cccc2oc3c4ccccc4c(-c4ccccc4)cc3c12. The number of hydrogen-bond donors (Lipinski definition) is 1. The largest absolute Gasteiger partial charge is 0.455 e. The molecule has 0 atom stereocenters. The van der Waals surface area contributed by atoms with Crippen molar-refractivity contribution in [3.05, 3.63) is 78.9 Å². The van der Waals surface area contributed by atoms with Gasteiger partial charge in [-0.3, -0.25) is 0 Å². The summed E-state index contributed by atoms with van der Waals surface area (Å²) in [7, 11) is 0.385. The fourth-order valence-corrected chi connectivity index (χ4v) is 4.13. The minimum atomic E-state index is -0.962. The predicted molar refractivity (Wildman–Crippen MR) is 135 cm³/mol. The molecule has 5 rings (SSSR count). The summed E-state index contributed by atoms with van der Waals surface area (Å²) in [6, 6.07) is 27.2. The average Bonchev–Trinajstić information content (AvgIpc) is 3.16. The highest BCUT2D eigenvalue weighted by atomic mass is 16.5. The van der Waals surface area contributed by atoms with Crippen molar-refractivity contribution in [2.75, 3.05) is 0 Å². The maximum absolute atomic E-state index is 10.5. The molecule has 0 aliphatic carbocycles. The van der Waals surface area contributed by atoms with E-state index in [1.54, 1.807) is 13.8 Å². The van der Waals surface area contributed by atoms with Gasteiger partial charge in [0.15, 0.2) is 0 Å². The molecule has 0 aliphatic rings. The van der Waals surface area contributed by atoms with E-state index in [0.717, 1.165) is 32.8 Å². The highest BCUT2D eigenvalue weighted by molar-refractivity contribution is 6.53. The lowest BCUT2D eigenvalue weighted by Crippen LogP contribution is -2.49. The fourth-order valence-electron chi connectivity index (χ4n) is 4.13. The molecule has 0 aliphatic heterocycles. The zero-order chi connectivity index (χ0) is 22.5. The van der Waals surface area contributed by atoms with Crippen LogP contribution in [-0.4, -0.2) is 23.8 Å². The minimum absolute atomic E-state index is 0.385. The van der Waals surface area contributed by atoms with Gasteiger partial charge < -0.3 is 14.2 Å². The van der Waals surface area contributed by atoms with Gasteiger partial charge in [-0.2, -0.15) is 0 Å². The van der Waals surface area contributed by atoms with Gasteiger partial charge in [-0.1, -0.05) is 66.7 Å². The van der Waals surface area contributed by atoms with E-state index in [2.05, 4.69) is 60.7 Å². The summed E-state index contributed by atoms with van der Waals surface area (Å²) >= 11 is 0. The van der Waals surface area contributed by atoms with Gasteiger partial charge in [0.05, 0.1) is 11.2 Å². The molecule has 160 valence electrons. The standard InChI is InChI=1S/C28H27BO3/c1-27(2,30)28(3,4)32-29-23-15-10-16-24-25(23)22-17-21(18-11-6-5-7-12-18)19-13-8-9-14-20(19)26(22)31-24/h5-17,29-30H,1-4H3. The van der Waals surface area contributed by atoms with Crippen molar-refractivity contribution in [1.29, 1.82) is 0 Å². The molecule has 0 spiro atoms. The smallest absolute Gasteiger partial charge is 0.310 e. The molecule has 0 amide bonds. The van der Waals surface area contributed by atoms with Crippen LogP contribution < -0.4 is 5.46 Å². The molecule has 4 heteroatoms. The van der Waals surface area contributed by atoms with E-state index in [9.17, 15) is 5.11 Å². The van der Waals surface area contributed by atoms with Crippen LogP contribution in [0.25, 0.3) is 43.8 Å². The van der Waals surface area contributed by atoms with Crippen molar-refractivity contribution in [3.63, 3.8) is 0 Å². The Morgan fingerprint density at radius 2 is 1.47 bits per heavy atom. The molecule has 1 heterocycles. The Kier molecular flexibility index (Phi) is 4.88. The topological polar surface area (TPSA) is 42.6 Å². The minimum Gasteiger partial charge on any atom is -0.455 e. The first kappa shape index (κ1) is 20.8. The number of hydrogen-bond acceptors (Lipinski definition) is 3. The first-order chi connectivity index (χ1) is 15.3. The Morgan fingerprint density at radius 1 is 0.781 bits per heavy atom. The number of furan rings is 1. The summed E-state index contributed by atoms with van der Waals surface area (Å²) < 4.78 is 12.6. The third kappa shape index (κ3) is 3.40. The second kappa shape index (κ2) is 7.51. The summed E-state index contributed by atoms with van der Waals surface area (Å²) in [4.78, 5) is 0. The summed E-state index contributed by atoms with van der Waals surface area (Å²) in [5, 5.41) is 14.9. The molecule has 0 radical (unpaired) electrons. The van der Waals surface area contributed by atoms with Crippen molar-refractivity contribution in [1.82, 2.24) is 0 Å². The molecule has 0 saturated heterocycles. The van der Waals surface area contributed by atoms with Crippen LogP contribution in [0.1, 0.15) is 27.7 Å². The third-order valence-corrected chi connectivity index (χ3v) is 6.74. The van der Waals surface area contributed by atoms with Crippen LogP contribution >= 0.6 is 0 Å². The first-order valence-corrected chi connectivity index (χ1v) is 11.0. The Morgan fingerprint density at radius 3 is 2.19 bits per heavy atom. The molecule has 0 fully saturated rings. The van der Waals surface area contributed by atoms with Crippen LogP contribution in [0.2, 0.25) is 0 Å². The predicted octanol–water partition coefficient (Wildman–Crippen LogP) is 5.95. The fraction of sp³-hybridized carbons (Fsp3) is 0.214. The highest BCUT2D eigenvalue weighted by Crippen LogP contribution is 2.39. The molecule has 4 aromatic carbocycles. The van der Waals surface area contributed by atoms with Crippen molar-refractivity contribution in [2.24, 2.45) is 0 Å². The number of aliphatic hydroxyl groups is 1. The Balaban J connectivity index is 1.75. The van der Waals surface area contributed by atoms with E-state index in [1.807, 2.05) is 32.0 Å². The van der Waals surface area contributed by atoms with E-state index >= 15 is 0 Å². The number of rotatable bonds is 5. The van der Waals surface area contributed by atoms with Gasteiger partial charge in [0, 0.05) is 16.2 Å². The molecule has 0 unspecified atom stereocenters. The lowest BCUT2D eigenvalue weighted by molar-refractivity contribution is -0.0893. The van der Waals surface area contributed by atoms with Crippen LogP contribution in [-0.2, 0) is 4.65 Å². The molecule has 1 N–H and O–H groups in total. The quantitative estimate of drug-likeness (QED) is 0.356. The van der Waals surface area contributed by atoms with Gasteiger partial charge in [0.2, 0.25) is 0 Å². The summed E-state index contributed by atoms with van der Waals surface area (Å²) in [6.07, 6.45) is 0. The second-order valence-corrected chi connectivity index (χ2v) is 9.46. The van der Waals surface area contributed by atoms with E-state index in [4.69, 9.17) is 9.07 Å². The van der Waals surface area contributed by atoms with Crippen molar-refractivity contribution in [3.8, 4) is 11.1 Å². The van der Waals surface area contributed by atoms with Gasteiger partial charge in [-0.25, -0.2) is 0 Å². The molecule has 5 aromatic rings. The lowest BCUT2D eigenvalue weighted by Gasteiger charge is -2.37. The Bertz CT molecular complexity index is 1430. The number of benzene rings is 4. The Labute approximate surface area is 188 Å².